The van der Waals surface area contributed by atoms with Crippen molar-refractivity contribution in [3.8, 4) is 11.3 Å². The first-order valence-electron chi connectivity index (χ1n) is 4.93. The lowest BCUT2D eigenvalue weighted by molar-refractivity contribution is 0.528. The van der Waals surface area contributed by atoms with Gasteiger partial charge in [-0.1, -0.05) is 17.4 Å². The summed E-state index contributed by atoms with van der Waals surface area (Å²) in [6.45, 7) is 0. The van der Waals surface area contributed by atoms with Gasteiger partial charge in [-0.15, -0.1) is 0 Å². The number of rotatable bonds is 1. The second-order valence-electron chi connectivity index (χ2n) is 3.67. The zero-order valence-corrected chi connectivity index (χ0v) is 9.71. The molecule has 0 atom stereocenters. The molecule has 2 aromatic heterocycles. The van der Waals surface area contributed by atoms with E-state index >= 15 is 0 Å². The van der Waals surface area contributed by atoms with Crippen molar-refractivity contribution in [1.29, 1.82) is 0 Å². The lowest BCUT2D eigenvalue weighted by Gasteiger charge is -1.97. The van der Waals surface area contributed by atoms with Crippen LogP contribution in [0.3, 0.4) is 0 Å². The van der Waals surface area contributed by atoms with E-state index in [4.69, 9.17) is 4.42 Å². The van der Waals surface area contributed by atoms with E-state index < -0.39 is 5.76 Å². The van der Waals surface area contributed by atoms with Gasteiger partial charge in [0.25, 0.3) is 0 Å². The lowest BCUT2D eigenvalue weighted by atomic mass is 10.1. The van der Waals surface area contributed by atoms with Gasteiger partial charge >= 0.3 is 10.6 Å². The second-order valence-corrected chi connectivity index (χ2v) is 4.51. The fourth-order valence-electron chi connectivity index (χ4n) is 1.72. The van der Waals surface area contributed by atoms with Gasteiger partial charge in [-0.3, -0.25) is 9.36 Å². The molecule has 3 aromatic rings. The van der Waals surface area contributed by atoms with Gasteiger partial charge in [0.15, 0.2) is 5.58 Å². The number of fused-ring (bicyclic) bond motifs is 1. The van der Waals surface area contributed by atoms with Crippen LogP contribution in [0.1, 0.15) is 0 Å². The van der Waals surface area contributed by atoms with Crippen molar-refractivity contribution in [2.75, 3.05) is 0 Å². The Morgan fingerprint density at radius 3 is 2.88 bits per heavy atom. The van der Waals surface area contributed by atoms with E-state index in [9.17, 15) is 9.59 Å². The molecule has 1 aromatic carbocycles. The number of aromatic amines is 1. The average molecular weight is 248 g/mol. The molecule has 17 heavy (non-hydrogen) atoms. The van der Waals surface area contributed by atoms with Crippen molar-refractivity contribution in [3.05, 3.63) is 43.8 Å². The molecule has 0 fully saturated rings. The minimum absolute atomic E-state index is 0.102. The molecule has 0 radical (unpaired) electrons. The summed E-state index contributed by atoms with van der Waals surface area (Å²) < 4.78 is 6.53. The van der Waals surface area contributed by atoms with Gasteiger partial charge in [-0.2, -0.15) is 0 Å². The van der Waals surface area contributed by atoms with E-state index in [0.717, 1.165) is 28.1 Å². The smallest absolute Gasteiger partial charge is 0.408 e. The number of hydrogen-bond acceptors (Lipinski definition) is 4. The Kier molecular flexibility index (Phi) is 2.05. The van der Waals surface area contributed by atoms with Gasteiger partial charge in [0, 0.05) is 18.0 Å². The van der Waals surface area contributed by atoms with Gasteiger partial charge in [-0.05, 0) is 12.1 Å². The summed E-state index contributed by atoms with van der Waals surface area (Å²) in [7, 11) is 1.65. The predicted molar refractivity (Wildman–Crippen MR) is 65.4 cm³/mol. The fraction of sp³-hybridized carbons (Fsp3) is 0.0909. The maximum absolute atomic E-state index is 11.3. The first-order valence-corrected chi connectivity index (χ1v) is 5.81. The van der Waals surface area contributed by atoms with Crippen LogP contribution in [0.25, 0.3) is 22.4 Å². The van der Waals surface area contributed by atoms with Crippen molar-refractivity contribution in [3.63, 3.8) is 0 Å². The second kappa shape index (κ2) is 3.46. The molecule has 1 N–H and O–H groups in total. The van der Waals surface area contributed by atoms with E-state index in [0.29, 0.717) is 5.58 Å². The Bertz CT molecular complexity index is 806. The summed E-state index contributed by atoms with van der Waals surface area (Å²) in [6.07, 6.45) is 0. The molecule has 0 amide bonds. The number of oxazole rings is 1. The number of nitrogens with one attached hydrogen (secondary N) is 1. The van der Waals surface area contributed by atoms with Crippen molar-refractivity contribution in [2.24, 2.45) is 7.05 Å². The topological polar surface area (TPSA) is 68.0 Å². The molecule has 0 aliphatic carbocycles. The van der Waals surface area contributed by atoms with Crippen molar-refractivity contribution in [1.82, 2.24) is 9.55 Å². The maximum atomic E-state index is 11.3. The molecule has 86 valence electrons. The minimum atomic E-state index is -0.393. The normalized spacial score (nSPS) is 11.1. The molecule has 2 heterocycles. The highest BCUT2D eigenvalue weighted by Gasteiger charge is 2.08. The zero-order valence-electron chi connectivity index (χ0n) is 8.89. The summed E-state index contributed by atoms with van der Waals surface area (Å²) in [4.78, 5) is 25.0. The van der Waals surface area contributed by atoms with Crippen LogP contribution in [0.15, 0.2) is 37.6 Å². The van der Waals surface area contributed by atoms with E-state index in [1.54, 1.807) is 24.6 Å². The standard InChI is InChI=1S/C11H8N2O3S/c1-13-8-3-2-6(4-9(8)16-11(13)15)7-5-17-10(14)12-7/h2-5H,1H3,(H,12,14). The molecule has 0 aliphatic rings. The average Bonchev–Trinajstić information content (AvgIpc) is 2.85. The third-order valence-corrected chi connectivity index (χ3v) is 3.29. The largest absolute Gasteiger partial charge is 0.419 e. The number of thiazole rings is 1. The number of H-pyrrole nitrogens is 1. The number of aromatic nitrogens is 2. The summed E-state index contributed by atoms with van der Waals surface area (Å²) in [6, 6.07) is 5.38. The zero-order chi connectivity index (χ0) is 12.0. The van der Waals surface area contributed by atoms with E-state index in [1.807, 2.05) is 6.07 Å². The molecule has 3 rings (SSSR count). The van der Waals surface area contributed by atoms with Crippen molar-refractivity contribution < 1.29 is 4.42 Å². The first kappa shape index (κ1) is 10.1. The summed E-state index contributed by atoms with van der Waals surface area (Å²) in [5, 5.41) is 1.74. The molecule has 0 bridgehead atoms. The van der Waals surface area contributed by atoms with Crippen LogP contribution >= 0.6 is 11.3 Å². The third-order valence-electron chi connectivity index (χ3n) is 2.62. The molecule has 6 heteroatoms. The van der Waals surface area contributed by atoms with E-state index in [2.05, 4.69) is 4.98 Å². The quantitative estimate of drug-likeness (QED) is 0.710. The number of aryl methyl sites for hydroxylation is 1. The SMILES string of the molecule is Cn1c(=O)oc2cc(-c3csc(=O)[nH]3)ccc21. The highest BCUT2D eigenvalue weighted by atomic mass is 32.1. The van der Waals surface area contributed by atoms with Gasteiger partial charge in [0.05, 0.1) is 11.2 Å². The highest BCUT2D eigenvalue weighted by molar-refractivity contribution is 7.07. The molecular weight excluding hydrogens is 240 g/mol. The number of hydrogen-bond donors (Lipinski definition) is 1. The van der Waals surface area contributed by atoms with Crippen LogP contribution in [-0.2, 0) is 7.05 Å². The Morgan fingerprint density at radius 1 is 1.35 bits per heavy atom. The van der Waals surface area contributed by atoms with Crippen molar-refractivity contribution in [2.45, 2.75) is 0 Å². The molecule has 0 unspecified atom stereocenters. The summed E-state index contributed by atoms with van der Waals surface area (Å²) in [5.74, 6) is -0.393. The predicted octanol–water partition coefficient (Wildman–Crippen LogP) is 1.55. The Balaban J connectivity index is 2.27. The van der Waals surface area contributed by atoms with Gasteiger partial charge < -0.3 is 9.40 Å². The summed E-state index contributed by atoms with van der Waals surface area (Å²) in [5.41, 5.74) is 2.80. The monoisotopic (exact) mass is 248 g/mol. The highest BCUT2D eigenvalue weighted by Crippen LogP contribution is 2.22. The summed E-state index contributed by atoms with van der Waals surface area (Å²) >= 11 is 1.10. The third kappa shape index (κ3) is 1.53. The van der Waals surface area contributed by atoms with Crippen LogP contribution in [-0.4, -0.2) is 9.55 Å². The van der Waals surface area contributed by atoms with Crippen LogP contribution in [0.5, 0.6) is 0 Å². The van der Waals surface area contributed by atoms with E-state index in [-0.39, 0.29) is 4.87 Å². The van der Waals surface area contributed by atoms with Crippen molar-refractivity contribution >= 4 is 22.4 Å². The van der Waals surface area contributed by atoms with Gasteiger partial charge in [-0.25, -0.2) is 4.79 Å². The Morgan fingerprint density at radius 2 is 2.18 bits per heavy atom. The van der Waals surface area contributed by atoms with Crippen LogP contribution in [0.2, 0.25) is 0 Å². The van der Waals surface area contributed by atoms with Gasteiger partial charge in [0.1, 0.15) is 0 Å². The number of nitrogens with zero attached hydrogens (tertiary/aromatic N) is 1. The Labute approximate surface area is 98.9 Å². The molecule has 0 spiro atoms. The fourth-order valence-corrected chi connectivity index (χ4v) is 2.31. The van der Waals surface area contributed by atoms with E-state index in [1.165, 1.54) is 4.57 Å². The van der Waals surface area contributed by atoms with Crippen LogP contribution in [0.4, 0.5) is 0 Å². The molecule has 0 aliphatic heterocycles. The minimum Gasteiger partial charge on any atom is -0.408 e. The molecular formula is C11H8N2O3S. The van der Waals surface area contributed by atoms with Crippen LogP contribution < -0.4 is 10.6 Å². The van der Waals surface area contributed by atoms with Gasteiger partial charge in [0.2, 0.25) is 0 Å². The molecule has 5 nitrogen and oxygen atoms in total. The first-order chi connectivity index (χ1) is 8.15. The lowest BCUT2D eigenvalue weighted by Crippen LogP contribution is -2.08. The molecule has 0 saturated carbocycles. The van der Waals surface area contributed by atoms with Crippen LogP contribution in [0, 0.1) is 0 Å². The maximum Gasteiger partial charge on any atom is 0.419 e. The number of benzene rings is 1. The Hall–Kier alpha value is -2.08. The molecule has 0 saturated heterocycles.